The molecule has 0 bridgehead atoms. The van der Waals surface area contributed by atoms with E-state index in [2.05, 4.69) is 0 Å². The third-order valence-electron chi connectivity index (χ3n) is 3.51. The Kier molecular flexibility index (Phi) is 4.73. The molecular weight excluding hydrogens is 264 g/mol. The van der Waals surface area contributed by atoms with Crippen LogP contribution in [0, 0.1) is 0 Å². The second kappa shape index (κ2) is 6.51. The second-order valence-corrected chi connectivity index (χ2v) is 4.80. The van der Waals surface area contributed by atoms with Gasteiger partial charge in [0.15, 0.2) is 0 Å². The average molecular weight is 282 g/mol. The van der Waals surface area contributed by atoms with Gasteiger partial charge in [0.2, 0.25) is 11.8 Å². The van der Waals surface area contributed by atoms with Crippen LogP contribution in [0.2, 0.25) is 0 Å². The molecule has 0 radical (unpaired) electrons. The third-order valence-corrected chi connectivity index (χ3v) is 3.51. The van der Waals surface area contributed by atoms with Gasteiger partial charge in [0.1, 0.15) is 6.04 Å². The molecule has 2 amide bonds. The molecule has 1 N–H and O–H groups in total. The molecule has 2 aliphatic heterocycles. The monoisotopic (exact) mass is 282 g/mol. The quantitative estimate of drug-likeness (QED) is 0.704. The fourth-order valence-corrected chi connectivity index (χ4v) is 2.52. The van der Waals surface area contributed by atoms with Crippen molar-refractivity contribution >= 4 is 17.8 Å². The minimum Gasteiger partial charge on any atom is -0.478 e. The van der Waals surface area contributed by atoms with Gasteiger partial charge in [-0.2, -0.15) is 0 Å². The molecule has 7 heteroatoms. The summed E-state index contributed by atoms with van der Waals surface area (Å²) in [5, 5.41) is 8.54. The maximum atomic E-state index is 12.4. The molecule has 1 atom stereocenters. The van der Waals surface area contributed by atoms with Crippen LogP contribution < -0.4 is 0 Å². The Morgan fingerprint density at radius 1 is 1.10 bits per heavy atom. The molecule has 0 saturated carbocycles. The average Bonchev–Trinajstić information content (AvgIpc) is 2.94. The summed E-state index contributed by atoms with van der Waals surface area (Å²) in [6.07, 6.45) is 3.19. The van der Waals surface area contributed by atoms with Gasteiger partial charge in [0.25, 0.3) is 0 Å². The zero-order valence-corrected chi connectivity index (χ0v) is 11.2. The van der Waals surface area contributed by atoms with E-state index in [4.69, 9.17) is 9.84 Å². The number of nitrogens with zero attached hydrogens (tertiary/aromatic N) is 2. The summed E-state index contributed by atoms with van der Waals surface area (Å²) >= 11 is 0. The summed E-state index contributed by atoms with van der Waals surface area (Å²) < 4.78 is 5.20. The van der Waals surface area contributed by atoms with Crippen molar-refractivity contribution in [3.8, 4) is 0 Å². The molecule has 2 rings (SSSR count). The minimum atomic E-state index is -1.17. The van der Waals surface area contributed by atoms with E-state index in [0.717, 1.165) is 18.6 Å². The number of carbonyl (C=O) groups is 3. The lowest BCUT2D eigenvalue weighted by Crippen LogP contribution is -2.50. The lowest BCUT2D eigenvalue weighted by Gasteiger charge is -2.32. The fraction of sp³-hybridized carbons (Fsp3) is 0.615. The molecule has 0 aromatic heterocycles. The summed E-state index contributed by atoms with van der Waals surface area (Å²) in [4.78, 5) is 37.9. The molecule has 0 aromatic rings. The van der Waals surface area contributed by atoms with Gasteiger partial charge in [-0.3, -0.25) is 9.59 Å². The first-order valence-electron chi connectivity index (χ1n) is 6.68. The van der Waals surface area contributed by atoms with Gasteiger partial charge in [-0.05, 0) is 12.8 Å². The number of carbonyl (C=O) groups excluding carboxylic acids is 2. The van der Waals surface area contributed by atoms with Crippen molar-refractivity contribution in [2.45, 2.75) is 18.9 Å². The maximum Gasteiger partial charge on any atom is 0.328 e. The molecular formula is C13H18N2O5. The van der Waals surface area contributed by atoms with Crippen molar-refractivity contribution in [1.29, 1.82) is 0 Å². The Morgan fingerprint density at radius 2 is 1.80 bits per heavy atom. The van der Waals surface area contributed by atoms with Crippen molar-refractivity contribution in [3.63, 3.8) is 0 Å². The smallest absolute Gasteiger partial charge is 0.328 e. The molecule has 110 valence electrons. The fourth-order valence-electron chi connectivity index (χ4n) is 2.52. The normalized spacial score (nSPS) is 23.3. The predicted octanol–water partition coefficient (Wildman–Crippen LogP) is -0.523. The second-order valence-electron chi connectivity index (χ2n) is 4.80. The molecule has 2 aliphatic rings. The summed E-state index contributed by atoms with van der Waals surface area (Å²) in [5.41, 5.74) is 0. The van der Waals surface area contributed by atoms with E-state index in [1.54, 1.807) is 4.90 Å². The highest BCUT2D eigenvalue weighted by molar-refractivity contribution is 5.97. The first-order valence-corrected chi connectivity index (χ1v) is 6.68. The number of likely N-dealkylation sites (tertiary alicyclic amines) is 1. The predicted molar refractivity (Wildman–Crippen MR) is 68.9 cm³/mol. The van der Waals surface area contributed by atoms with Gasteiger partial charge in [-0.15, -0.1) is 0 Å². The van der Waals surface area contributed by atoms with Crippen LogP contribution in [0.15, 0.2) is 12.2 Å². The zero-order valence-electron chi connectivity index (χ0n) is 11.2. The van der Waals surface area contributed by atoms with Crippen LogP contribution >= 0.6 is 0 Å². The minimum absolute atomic E-state index is 0.0668. The molecule has 2 fully saturated rings. The molecule has 2 saturated heterocycles. The van der Waals surface area contributed by atoms with Crippen molar-refractivity contribution in [1.82, 2.24) is 9.80 Å². The van der Waals surface area contributed by atoms with Crippen LogP contribution in [0.25, 0.3) is 0 Å². The number of amides is 2. The van der Waals surface area contributed by atoms with Gasteiger partial charge >= 0.3 is 5.97 Å². The van der Waals surface area contributed by atoms with E-state index in [1.807, 2.05) is 0 Å². The Hall–Kier alpha value is -1.89. The van der Waals surface area contributed by atoms with Crippen molar-refractivity contribution in [3.05, 3.63) is 12.2 Å². The first-order chi connectivity index (χ1) is 9.59. The molecule has 0 aliphatic carbocycles. The van der Waals surface area contributed by atoms with Gasteiger partial charge in [0.05, 0.1) is 13.2 Å². The van der Waals surface area contributed by atoms with Crippen LogP contribution in [-0.2, 0) is 19.1 Å². The van der Waals surface area contributed by atoms with E-state index in [1.165, 1.54) is 4.90 Å². The van der Waals surface area contributed by atoms with Crippen LogP contribution in [0.5, 0.6) is 0 Å². The first kappa shape index (κ1) is 14.5. The highest BCUT2D eigenvalue weighted by Crippen LogP contribution is 2.20. The maximum absolute atomic E-state index is 12.4. The number of carboxylic acid groups (broad SMARTS) is 1. The van der Waals surface area contributed by atoms with E-state index in [-0.39, 0.29) is 5.91 Å². The van der Waals surface area contributed by atoms with E-state index in [9.17, 15) is 14.4 Å². The van der Waals surface area contributed by atoms with Crippen LogP contribution in [0.3, 0.4) is 0 Å². The van der Waals surface area contributed by atoms with Crippen LogP contribution in [0.1, 0.15) is 12.8 Å². The standard InChI is InChI=1S/C13H18N2O5/c16-11(3-4-12(17)18)15-5-1-2-10(15)13(19)14-6-8-20-9-7-14/h3-4,10H,1-2,5-9H2,(H,17,18)/b4-3+. The number of hydrogen-bond donors (Lipinski definition) is 1. The van der Waals surface area contributed by atoms with E-state index in [0.29, 0.717) is 39.3 Å². The van der Waals surface area contributed by atoms with Gasteiger partial charge in [0, 0.05) is 31.8 Å². The van der Waals surface area contributed by atoms with Gasteiger partial charge in [-0.1, -0.05) is 0 Å². The summed E-state index contributed by atoms with van der Waals surface area (Å²) in [5.74, 6) is -1.66. The number of carboxylic acids is 1. The Morgan fingerprint density at radius 3 is 2.45 bits per heavy atom. The molecule has 7 nitrogen and oxygen atoms in total. The van der Waals surface area contributed by atoms with E-state index < -0.39 is 17.9 Å². The van der Waals surface area contributed by atoms with Crippen LogP contribution in [0.4, 0.5) is 0 Å². The number of ether oxygens (including phenoxy) is 1. The van der Waals surface area contributed by atoms with Crippen molar-refractivity contribution in [2.24, 2.45) is 0 Å². The highest BCUT2D eigenvalue weighted by atomic mass is 16.5. The Labute approximate surface area is 116 Å². The largest absolute Gasteiger partial charge is 0.478 e. The molecule has 0 aromatic carbocycles. The Balaban J connectivity index is 2.00. The summed E-state index contributed by atoms with van der Waals surface area (Å²) in [6.45, 7) is 2.62. The van der Waals surface area contributed by atoms with Crippen LogP contribution in [-0.4, -0.2) is 71.6 Å². The van der Waals surface area contributed by atoms with Crippen molar-refractivity contribution in [2.75, 3.05) is 32.8 Å². The molecule has 2 heterocycles. The van der Waals surface area contributed by atoms with Gasteiger partial charge in [-0.25, -0.2) is 4.79 Å². The molecule has 0 spiro atoms. The number of hydrogen-bond acceptors (Lipinski definition) is 4. The number of morpholine rings is 1. The molecule has 1 unspecified atom stereocenters. The highest BCUT2D eigenvalue weighted by Gasteiger charge is 2.36. The lowest BCUT2D eigenvalue weighted by atomic mass is 10.2. The topological polar surface area (TPSA) is 87.2 Å². The number of rotatable bonds is 3. The van der Waals surface area contributed by atoms with E-state index >= 15 is 0 Å². The lowest BCUT2D eigenvalue weighted by molar-refractivity contribution is -0.144. The van der Waals surface area contributed by atoms with Crippen molar-refractivity contribution < 1.29 is 24.2 Å². The summed E-state index contributed by atoms with van der Waals surface area (Å²) in [6, 6.07) is -0.473. The number of aliphatic carboxylic acids is 1. The molecule has 20 heavy (non-hydrogen) atoms. The summed E-state index contributed by atoms with van der Waals surface area (Å²) in [7, 11) is 0. The SMILES string of the molecule is O=C(O)/C=C/C(=O)N1CCCC1C(=O)N1CCOCC1. The zero-order chi connectivity index (χ0) is 14.5. The van der Waals surface area contributed by atoms with Gasteiger partial charge < -0.3 is 19.6 Å². The third kappa shape index (κ3) is 3.36. The Bertz CT molecular complexity index is 428.